The Bertz CT molecular complexity index is 1350. The highest BCUT2D eigenvalue weighted by Crippen LogP contribution is 2.31. The molecule has 4 rings (SSSR count). The number of aromatic nitrogens is 4. The molecular weight excluding hydrogens is 438 g/mol. The topological polar surface area (TPSA) is 84.0 Å². The maximum Gasteiger partial charge on any atom is 0.315 e. The molecule has 33 heavy (non-hydrogen) atoms. The third-order valence-corrected chi connectivity index (χ3v) is 5.42. The van der Waals surface area contributed by atoms with E-state index in [0.29, 0.717) is 34.6 Å². The molecule has 172 valence electrons. The van der Waals surface area contributed by atoms with Crippen LogP contribution in [0.1, 0.15) is 50.7 Å². The Balaban J connectivity index is 1.90. The van der Waals surface area contributed by atoms with Gasteiger partial charge >= 0.3 is 5.82 Å². The molecule has 0 aliphatic rings. The lowest BCUT2D eigenvalue weighted by molar-refractivity contribution is -0.469. The lowest BCUT2D eigenvalue weighted by Gasteiger charge is -2.21. The third kappa shape index (κ3) is 4.78. The number of carbonyl (C=O) groups excluding carboxylic acids is 1. The maximum atomic E-state index is 12.7. The summed E-state index contributed by atoms with van der Waals surface area (Å²) in [7, 11) is 0. The number of aromatic amines is 1. The van der Waals surface area contributed by atoms with Gasteiger partial charge in [0, 0.05) is 17.2 Å². The second kappa shape index (κ2) is 8.63. The van der Waals surface area contributed by atoms with Gasteiger partial charge in [-0.25, -0.2) is 4.98 Å². The summed E-state index contributed by atoms with van der Waals surface area (Å²) in [4.78, 5) is 17.4. The molecule has 4 aromatic rings. The van der Waals surface area contributed by atoms with Crippen LogP contribution < -0.4 is 14.5 Å². The van der Waals surface area contributed by atoms with Crippen molar-refractivity contribution in [2.75, 3.05) is 6.54 Å². The first-order valence-electron chi connectivity index (χ1n) is 11.0. The van der Waals surface area contributed by atoms with Crippen molar-refractivity contribution in [2.45, 2.75) is 47.1 Å². The van der Waals surface area contributed by atoms with Gasteiger partial charge in [0.1, 0.15) is 28.1 Å². The van der Waals surface area contributed by atoms with Gasteiger partial charge in [0.25, 0.3) is 11.6 Å². The van der Waals surface area contributed by atoms with Crippen LogP contribution in [0.4, 0.5) is 0 Å². The molecule has 0 saturated carbocycles. The van der Waals surface area contributed by atoms with Crippen LogP contribution in [-0.4, -0.2) is 33.2 Å². The zero-order chi connectivity index (χ0) is 23.9. The zero-order valence-corrected chi connectivity index (χ0v) is 20.5. The number of carbonyl (C=O) groups is 1. The van der Waals surface area contributed by atoms with Crippen LogP contribution in [0.3, 0.4) is 0 Å². The number of aryl methyl sites for hydroxylation is 1. The minimum absolute atomic E-state index is 0.122. The van der Waals surface area contributed by atoms with E-state index < -0.39 is 0 Å². The van der Waals surface area contributed by atoms with E-state index in [1.54, 1.807) is 12.1 Å². The monoisotopic (exact) mass is 466 g/mol. The number of amides is 1. The second-order valence-corrected chi connectivity index (χ2v) is 10.00. The van der Waals surface area contributed by atoms with Crippen molar-refractivity contribution >= 4 is 34.2 Å². The fourth-order valence-electron chi connectivity index (χ4n) is 3.63. The lowest BCUT2D eigenvalue weighted by atomic mass is 10.1. The number of rotatable bonds is 5. The largest absolute Gasteiger partial charge is 0.488 e. The Morgan fingerprint density at radius 2 is 1.97 bits per heavy atom. The van der Waals surface area contributed by atoms with Crippen LogP contribution >= 0.6 is 11.6 Å². The third-order valence-electron chi connectivity index (χ3n) is 5.09. The number of nitrogens with one attached hydrogen (secondary N) is 2. The highest BCUT2D eigenvalue weighted by molar-refractivity contribution is 6.33. The van der Waals surface area contributed by atoms with Gasteiger partial charge in [0.2, 0.25) is 0 Å². The van der Waals surface area contributed by atoms with Crippen molar-refractivity contribution in [1.29, 1.82) is 0 Å². The molecule has 0 fully saturated rings. The van der Waals surface area contributed by atoms with E-state index in [-0.39, 0.29) is 11.5 Å². The van der Waals surface area contributed by atoms with E-state index in [1.807, 2.05) is 56.4 Å². The molecule has 2 aromatic heterocycles. The lowest BCUT2D eigenvalue weighted by Crippen LogP contribution is -2.29. The average molecular weight is 467 g/mol. The summed E-state index contributed by atoms with van der Waals surface area (Å²) in [6.45, 7) is 12.6. The van der Waals surface area contributed by atoms with Crippen molar-refractivity contribution in [2.24, 2.45) is 5.92 Å². The highest BCUT2D eigenvalue weighted by atomic mass is 35.5. The van der Waals surface area contributed by atoms with Gasteiger partial charge < -0.3 is 10.1 Å². The molecule has 0 bridgehead atoms. The number of hydrogen-bond acceptors (Lipinski definition) is 4. The minimum atomic E-state index is -0.350. The number of nitrogens with zero attached hydrogens (tertiary/aromatic N) is 3. The van der Waals surface area contributed by atoms with Gasteiger partial charge in [-0.05, 0) is 70.0 Å². The second-order valence-electron chi connectivity index (χ2n) is 9.59. The van der Waals surface area contributed by atoms with Gasteiger partial charge in [-0.1, -0.05) is 25.4 Å². The number of ether oxygens (including phenoxy) is 1. The molecule has 7 nitrogen and oxygen atoms in total. The molecule has 2 N–H and O–H groups in total. The summed E-state index contributed by atoms with van der Waals surface area (Å²) in [6.07, 6.45) is 0. The fourth-order valence-corrected chi connectivity index (χ4v) is 3.84. The van der Waals surface area contributed by atoms with E-state index in [4.69, 9.17) is 21.3 Å². The first-order chi connectivity index (χ1) is 15.5. The van der Waals surface area contributed by atoms with Crippen LogP contribution in [0.25, 0.3) is 28.1 Å². The number of halogens is 1. The van der Waals surface area contributed by atoms with Crippen molar-refractivity contribution in [3.05, 3.63) is 52.7 Å². The molecule has 2 heterocycles. The van der Waals surface area contributed by atoms with E-state index in [0.717, 1.165) is 27.9 Å². The van der Waals surface area contributed by atoms with E-state index in [2.05, 4.69) is 29.4 Å². The summed E-state index contributed by atoms with van der Waals surface area (Å²) in [5.41, 5.74) is 3.96. The first kappa shape index (κ1) is 23.0. The molecule has 0 aliphatic carbocycles. The average Bonchev–Trinajstić information content (AvgIpc) is 3.18. The van der Waals surface area contributed by atoms with E-state index in [1.165, 1.54) is 0 Å². The Morgan fingerprint density at radius 3 is 2.67 bits per heavy atom. The Hall–Kier alpha value is -3.19. The highest BCUT2D eigenvalue weighted by Gasteiger charge is 2.25. The Kier molecular flexibility index (Phi) is 6.01. The number of fused-ring (bicyclic) bond motifs is 3. The number of H-pyrrole nitrogens is 1. The summed E-state index contributed by atoms with van der Waals surface area (Å²) in [5, 5.41) is 11.2. The predicted molar refractivity (Wildman–Crippen MR) is 130 cm³/mol. The van der Waals surface area contributed by atoms with Gasteiger partial charge in [-0.2, -0.15) is 4.40 Å². The van der Waals surface area contributed by atoms with Crippen molar-refractivity contribution in [1.82, 2.24) is 20.5 Å². The molecular formula is C25H29ClN5O2+. The molecule has 0 unspecified atom stereocenters. The fraction of sp³-hybridized carbons (Fsp3) is 0.360. The van der Waals surface area contributed by atoms with Crippen molar-refractivity contribution in [3.63, 3.8) is 0 Å². The predicted octanol–water partition coefficient (Wildman–Crippen LogP) is 4.89. The molecule has 0 atom stereocenters. The molecule has 2 aromatic carbocycles. The summed E-state index contributed by atoms with van der Waals surface area (Å²) in [5.74, 6) is 1.56. The number of hydrogen-bond donors (Lipinski definition) is 2. The normalized spacial score (nSPS) is 12.0. The molecule has 0 spiro atoms. The maximum absolute atomic E-state index is 12.7. The summed E-state index contributed by atoms with van der Waals surface area (Å²) in [6, 6.07) is 11.0. The summed E-state index contributed by atoms with van der Waals surface area (Å²) >= 11 is 6.60. The van der Waals surface area contributed by atoms with E-state index >= 15 is 0 Å². The van der Waals surface area contributed by atoms with Crippen LogP contribution in [0, 0.1) is 12.8 Å². The van der Waals surface area contributed by atoms with Crippen LogP contribution in [0.15, 0.2) is 36.4 Å². The van der Waals surface area contributed by atoms with Crippen molar-refractivity contribution < 1.29 is 13.9 Å². The molecule has 0 radical (unpaired) electrons. The molecule has 0 saturated heterocycles. The first-order valence-corrected chi connectivity index (χ1v) is 11.4. The van der Waals surface area contributed by atoms with Gasteiger partial charge in [-0.15, -0.1) is 5.10 Å². The van der Waals surface area contributed by atoms with Crippen LogP contribution in [0.5, 0.6) is 5.75 Å². The standard InChI is InChI=1S/C25H28ClN5O2/c1-14(2)13-27-24(32)16-7-10-20-21(11-16)31-22(15(3)28-20)29-30-23(31)18-12-17(8-9-19(18)26)33-25(4,5)6/h7-12,14H,13H2,1-6H3,(H,27,32)/p+1. The molecule has 1 amide bonds. The SMILES string of the molecule is Cc1nc2ccc(C(=O)NCC(C)C)cc2[n+]2c(-c3cc(OC(C)(C)C)ccc3Cl)n[nH]c12. The Labute approximate surface area is 198 Å². The minimum Gasteiger partial charge on any atom is -0.488 e. The van der Waals surface area contributed by atoms with Crippen LogP contribution in [0.2, 0.25) is 5.02 Å². The molecule has 8 heteroatoms. The Morgan fingerprint density at radius 1 is 1.21 bits per heavy atom. The quantitative estimate of drug-likeness (QED) is 0.410. The van der Waals surface area contributed by atoms with E-state index in [9.17, 15) is 4.79 Å². The number of benzene rings is 2. The van der Waals surface area contributed by atoms with Gasteiger partial charge in [0.15, 0.2) is 0 Å². The summed E-state index contributed by atoms with van der Waals surface area (Å²) < 4.78 is 8.00. The zero-order valence-electron chi connectivity index (χ0n) is 19.8. The van der Waals surface area contributed by atoms with Gasteiger partial charge in [0.05, 0.1) is 10.6 Å². The smallest absolute Gasteiger partial charge is 0.315 e. The van der Waals surface area contributed by atoms with Crippen LogP contribution in [-0.2, 0) is 0 Å². The molecule has 0 aliphatic heterocycles. The van der Waals surface area contributed by atoms with Gasteiger partial charge in [-0.3, -0.25) is 4.79 Å². The van der Waals surface area contributed by atoms with Crippen molar-refractivity contribution in [3.8, 4) is 17.1 Å².